The molecule has 1 aromatic rings. The second-order valence-corrected chi connectivity index (χ2v) is 5.05. The molecular weight excluding hydrogens is 212 g/mol. The number of piperazine rings is 1. The second-order valence-electron chi connectivity index (χ2n) is 5.05. The molecule has 1 saturated heterocycles. The maximum absolute atomic E-state index is 5.65. The van der Waals surface area contributed by atoms with E-state index in [9.17, 15) is 0 Å². The maximum Gasteiger partial charge on any atom is 0.105 e. The molecule has 3 nitrogen and oxygen atoms in total. The molecule has 0 amide bonds. The van der Waals surface area contributed by atoms with Gasteiger partial charge in [-0.15, -0.1) is 0 Å². The molecule has 1 aliphatic rings. The van der Waals surface area contributed by atoms with E-state index in [1.807, 2.05) is 6.92 Å². The molecule has 0 spiro atoms. The summed E-state index contributed by atoms with van der Waals surface area (Å²) in [5, 5.41) is 3.48. The van der Waals surface area contributed by atoms with Gasteiger partial charge in [-0.05, 0) is 33.3 Å². The average molecular weight is 236 g/mol. The van der Waals surface area contributed by atoms with Gasteiger partial charge in [0.2, 0.25) is 0 Å². The number of nitrogens with zero attached hydrogens (tertiary/aromatic N) is 1. The van der Waals surface area contributed by atoms with Crippen LogP contribution in [0.15, 0.2) is 10.5 Å². The van der Waals surface area contributed by atoms with E-state index in [1.165, 1.54) is 12.0 Å². The molecule has 2 atom stereocenters. The van der Waals surface area contributed by atoms with Gasteiger partial charge in [0.25, 0.3) is 0 Å². The van der Waals surface area contributed by atoms with Crippen LogP contribution < -0.4 is 5.32 Å². The van der Waals surface area contributed by atoms with Crippen molar-refractivity contribution in [1.29, 1.82) is 0 Å². The summed E-state index contributed by atoms with van der Waals surface area (Å²) in [6.45, 7) is 12.0. The Morgan fingerprint density at radius 3 is 2.88 bits per heavy atom. The van der Waals surface area contributed by atoms with E-state index in [2.05, 4.69) is 37.1 Å². The van der Waals surface area contributed by atoms with Crippen LogP contribution in [0.25, 0.3) is 0 Å². The van der Waals surface area contributed by atoms with Crippen LogP contribution >= 0.6 is 0 Å². The first-order valence-electron chi connectivity index (χ1n) is 6.66. The van der Waals surface area contributed by atoms with E-state index in [-0.39, 0.29) is 0 Å². The highest BCUT2D eigenvalue weighted by molar-refractivity contribution is 5.24. The highest BCUT2D eigenvalue weighted by atomic mass is 16.3. The third-order valence-corrected chi connectivity index (χ3v) is 3.89. The van der Waals surface area contributed by atoms with Gasteiger partial charge < -0.3 is 9.73 Å². The number of hydrogen-bond donors (Lipinski definition) is 1. The van der Waals surface area contributed by atoms with Gasteiger partial charge in [-0.1, -0.05) is 6.92 Å². The lowest BCUT2D eigenvalue weighted by molar-refractivity contribution is 0.111. The molecule has 1 fully saturated rings. The molecule has 1 N–H and O–H groups in total. The predicted molar refractivity (Wildman–Crippen MR) is 70.3 cm³/mol. The van der Waals surface area contributed by atoms with Crippen molar-refractivity contribution in [3.05, 3.63) is 23.2 Å². The minimum absolute atomic E-state index is 0.458. The fraction of sp³-hybridized carbons (Fsp3) is 0.714. The van der Waals surface area contributed by atoms with E-state index in [4.69, 9.17) is 4.42 Å². The van der Waals surface area contributed by atoms with E-state index < -0.39 is 0 Å². The van der Waals surface area contributed by atoms with Crippen molar-refractivity contribution in [3.8, 4) is 0 Å². The smallest absolute Gasteiger partial charge is 0.105 e. The summed E-state index contributed by atoms with van der Waals surface area (Å²) in [6.07, 6.45) is 1.20. The molecule has 0 aliphatic carbocycles. The molecule has 0 saturated carbocycles. The number of rotatable bonds is 3. The molecule has 17 heavy (non-hydrogen) atoms. The van der Waals surface area contributed by atoms with Crippen molar-refractivity contribution in [1.82, 2.24) is 10.2 Å². The first-order valence-corrected chi connectivity index (χ1v) is 6.66. The lowest BCUT2D eigenvalue weighted by Gasteiger charge is -2.39. The normalized spacial score (nSPS) is 23.9. The highest BCUT2D eigenvalue weighted by Gasteiger charge is 2.27. The summed E-state index contributed by atoms with van der Waals surface area (Å²) in [6, 6.07) is 3.29. The van der Waals surface area contributed by atoms with Gasteiger partial charge in [0.15, 0.2) is 0 Å². The molecular formula is C14H24N2O. The lowest BCUT2D eigenvalue weighted by atomic mass is 10.0. The van der Waals surface area contributed by atoms with Crippen molar-refractivity contribution in [2.75, 3.05) is 19.6 Å². The molecule has 1 aliphatic heterocycles. The Bertz CT molecular complexity index is 372. The molecule has 2 heterocycles. The van der Waals surface area contributed by atoms with Gasteiger partial charge >= 0.3 is 0 Å². The van der Waals surface area contributed by atoms with Gasteiger partial charge in [0.1, 0.15) is 11.5 Å². The summed E-state index contributed by atoms with van der Waals surface area (Å²) < 4.78 is 5.65. The van der Waals surface area contributed by atoms with Crippen molar-refractivity contribution in [2.45, 2.75) is 46.2 Å². The topological polar surface area (TPSA) is 28.4 Å². The van der Waals surface area contributed by atoms with Gasteiger partial charge in [0, 0.05) is 37.3 Å². The standard InChI is InChI=1S/C14H24N2O/c1-5-13-9-15-6-7-16(13)11(3)14-8-10(2)17-12(14)4/h8,11,13,15H,5-7,9H2,1-4H3. The predicted octanol–water partition coefficient (Wildman–Crippen LogP) is 2.64. The number of furan rings is 1. The summed E-state index contributed by atoms with van der Waals surface area (Å²) >= 11 is 0. The summed E-state index contributed by atoms with van der Waals surface area (Å²) in [7, 11) is 0. The van der Waals surface area contributed by atoms with E-state index in [1.54, 1.807) is 0 Å². The van der Waals surface area contributed by atoms with Crippen molar-refractivity contribution >= 4 is 0 Å². The van der Waals surface area contributed by atoms with Crippen LogP contribution in [0.5, 0.6) is 0 Å². The molecule has 2 rings (SSSR count). The molecule has 0 bridgehead atoms. The Labute approximate surface area is 104 Å². The van der Waals surface area contributed by atoms with Crippen LogP contribution in [-0.4, -0.2) is 30.6 Å². The Hall–Kier alpha value is -0.800. The first kappa shape index (κ1) is 12.7. The molecule has 3 heteroatoms. The fourth-order valence-electron chi connectivity index (χ4n) is 2.91. The van der Waals surface area contributed by atoms with E-state index in [0.29, 0.717) is 12.1 Å². The van der Waals surface area contributed by atoms with Crippen molar-refractivity contribution < 1.29 is 4.42 Å². The quantitative estimate of drug-likeness (QED) is 0.874. The second kappa shape index (κ2) is 5.23. The Morgan fingerprint density at radius 1 is 1.53 bits per heavy atom. The molecule has 96 valence electrons. The van der Waals surface area contributed by atoms with Gasteiger partial charge in [-0.3, -0.25) is 4.90 Å². The number of aryl methyl sites for hydroxylation is 2. The Kier molecular flexibility index (Phi) is 3.89. The zero-order valence-corrected chi connectivity index (χ0v) is 11.4. The van der Waals surface area contributed by atoms with E-state index in [0.717, 1.165) is 31.2 Å². The van der Waals surface area contributed by atoms with E-state index >= 15 is 0 Å². The third-order valence-electron chi connectivity index (χ3n) is 3.89. The summed E-state index contributed by atoms with van der Waals surface area (Å²) in [5.41, 5.74) is 1.35. The van der Waals surface area contributed by atoms with Crippen LogP contribution in [-0.2, 0) is 0 Å². The third kappa shape index (κ3) is 2.55. The SMILES string of the molecule is CCC1CNCCN1C(C)c1cc(C)oc1C. The highest BCUT2D eigenvalue weighted by Crippen LogP contribution is 2.28. The zero-order chi connectivity index (χ0) is 12.4. The molecule has 0 aromatic carbocycles. The Morgan fingerprint density at radius 2 is 2.29 bits per heavy atom. The maximum atomic E-state index is 5.65. The minimum atomic E-state index is 0.458. The lowest BCUT2D eigenvalue weighted by Crippen LogP contribution is -2.51. The number of nitrogens with one attached hydrogen (secondary N) is 1. The van der Waals surface area contributed by atoms with Crippen LogP contribution in [0.4, 0.5) is 0 Å². The average Bonchev–Trinajstić information content (AvgIpc) is 2.67. The van der Waals surface area contributed by atoms with Crippen LogP contribution in [0, 0.1) is 13.8 Å². The van der Waals surface area contributed by atoms with Gasteiger partial charge in [-0.2, -0.15) is 0 Å². The van der Waals surface area contributed by atoms with Crippen LogP contribution in [0.2, 0.25) is 0 Å². The van der Waals surface area contributed by atoms with Crippen LogP contribution in [0.3, 0.4) is 0 Å². The van der Waals surface area contributed by atoms with Crippen molar-refractivity contribution in [2.24, 2.45) is 0 Å². The van der Waals surface area contributed by atoms with Gasteiger partial charge in [-0.25, -0.2) is 0 Å². The fourth-order valence-corrected chi connectivity index (χ4v) is 2.91. The largest absolute Gasteiger partial charge is 0.466 e. The van der Waals surface area contributed by atoms with Crippen molar-refractivity contribution in [3.63, 3.8) is 0 Å². The monoisotopic (exact) mass is 236 g/mol. The van der Waals surface area contributed by atoms with Gasteiger partial charge in [0.05, 0.1) is 0 Å². The minimum Gasteiger partial charge on any atom is -0.466 e. The zero-order valence-electron chi connectivity index (χ0n) is 11.4. The molecule has 0 radical (unpaired) electrons. The Balaban J connectivity index is 2.17. The molecule has 2 unspecified atom stereocenters. The number of hydrogen-bond acceptors (Lipinski definition) is 3. The summed E-state index contributed by atoms with van der Waals surface area (Å²) in [5.74, 6) is 2.09. The first-order chi connectivity index (χ1) is 8.13. The summed E-state index contributed by atoms with van der Waals surface area (Å²) in [4.78, 5) is 2.60. The van der Waals surface area contributed by atoms with Crippen LogP contribution in [0.1, 0.15) is 43.4 Å². The molecule has 1 aromatic heterocycles.